The predicted molar refractivity (Wildman–Crippen MR) is 153 cm³/mol. The number of benzene rings is 2. The molecule has 2 aromatic carbocycles. The third kappa shape index (κ3) is 6.22. The number of unbranched alkanes of at least 4 members (excludes halogenated alkanes) is 2. The molecule has 2 aromatic heterocycles. The molecule has 0 bridgehead atoms. The van der Waals surface area contributed by atoms with E-state index < -0.39 is 11.1 Å². The van der Waals surface area contributed by atoms with Gasteiger partial charge in [-0.3, -0.25) is 0 Å². The summed E-state index contributed by atoms with van der Waals surface area (Å²) < 4.78 is 4.32. The highest BCUT2D eigenvalue weighted by Crippen LogP contribution is 2.40. The molecular weight excluding hydrogens is 523 g/mol. The monoisotopic (exact) mass is 562 g/mol. The molecule has 5 heteroatoms. The van der Waals surface area contributed by atoms with E-state index in [0.717, 1.165) is 29.8 Å². The average Bonchev–Trinajstić information content (AvgIpc) is 2.89. The van der Waals surface area contributed by atoms with Crippen molar-refractivity contribution in [2.45, 2.75) is 70.9 Å². The summed E-state index contributed by atoms with van der Waals surface area (Å²) >= 11 is 0. The van der Waals surface area contributed by atoms with Gasteiger partial charge in [-0.25, -0.2) is 0 Å². The number of fused-ring (bicyclic) bond motifs is 2. The lowest BCUT2D eigenvalue weighted by Gasteiger charge is -2.37. The summed E-state index contributed by atoms with van der Waals surface area (Å²) in [4.78, 5) is 0. The van der Waals surface area contributed by atoms with Crippen LogP contribution in [0.25, 0.3) is 27.2 Å². The molecule has 2 atom stereocenters. The zero-order chi connectivity index (χ0) is 26.0. The van der Waals surface area contributed by atoms with Crippen molar-refractivity contribution in [3.05, 3.63) is 103 Å². The molecule has 5 rings (SSSR count). The highest BCUT2D eigenvalue weighted by atomic mass is 35.5. The molecule has 39 heavy (non-hydrogen) atoms. The zero-order valence-corrected chi connectivity index (χ0v) is 25.0. The van der Waals surface area contributed by atoms with Gasteiger partial charge in [-0.2, -0.15) is 9.13 Å². The Morgan fingerprint density at radius 1 is 0.744 bits per heavy atom. The first-order chi connectivity index (χ1) is 17.8. The molecule has 0 spiro atoms. The maximum Gasteiger partial charge on any atom is 0.226 e. The second-order valence-electron chi connectivity index (χ2n) is 11.4. The van der Waals surface area contributed by atoms with Gasteiger partial charge in [0.15, 0.2) is 24.8 Å². The van der Waals surface area contributed by atoms with E-state index in [1.807, 2.05) is 6.92 Å². The lowest BCUT2D eigenvalue weighted by Crippen LogP contribution is -3.00. The molecule has 2 heterocycles. The molecule has 2 unspecified atom stereocenters. The SMILES string of the molecule is CC(C)CCCCCC1=CC(C)([n+]2ccc3ccccc3c2)C(C)(O)C([n+]2ccc3ccccc3c2)=C1.[Cl-].[Cl-]. The minimum atomic E-state index is -1.14. The van der Waals surface area contributed by atoms with E-state index in [-0.39, 0.29) is 24.8 Å². The molecule has 0 radical (unpaired) electrons. The van der Waals surface area contributed by atoms with Gasteiger partial charge in [0.05, 0.1) is 0 Å². The molecule has 0 fully saturated rings. The van der Waals surface area contributed by atoms with Gasteiger partial charge in [0.1, 0.15) is 0 Å². The molecule has 1 N–H and O–H groups in total. The van der Waals surface area contributed by atoms with Gasteiger partial charge in [-0.05, 0) is 60.2 Å². The predicted octanol–water partition coefficient (Wildman–Crippen LogP) is 1.13. The molecule has 1 aliphatic rings. The summed E-state index contributed by atoms with van der Waals surface area (Å²) in [6, 6.07) is 21.1. The lowest BCUT2D eigenvalue weighted by atomic mass is 9.73. The van der Waals surface area contributed by atoms with Gasteiger partial charge in [0, 0.05) is 35.9 Å². The van der Waals surface area contributed by atoms with Crippen molar-refractivity contribution >= 4 is 27.2 Å². The summed E-state index contributed by atoms with van der Waals surface area (Å²) in [6.07, 6.45) is 19.0. The van der Waals surface area contributed by atoms with Gasteiger partial charge >= 0.3 is 0 Å². The van der Waals surface area contributed by atoms with Crippen molar-refractivity contribution in [2.75, 3.05) is 0 Å². The lowest BCUT2D eigenvalue weighted by molar-refractivity contribution is -0.765. The van der Waals surface area contributed by atoms with Crippen LogP contribution in [0.5, 0.6) is 0 Å². The van der Waals surface area contributed by atoms with Gasteiger partial charge in [0.25, 0.3) is 0 Å². The topological polar surface area (TPSA) is 28.0 Å². The number of aromatic nitrogens is 2. The maximum atomic E-state index is 12.3. The Balaban J connectivity index is 0.00000210. The first-order valence-electron chi connectivity index (χ1n) is 13.8. The van der Waals surface area contributed by atoms with Crippen molar-refractivity contribution < 1.29 is 39.1 Å². The van der Waals surface area contributed by atoms with E-state index >= 15 is 0 Å². The first-order valence-corrected chi connectivity index (χ1v) is 13.8. The smallest absolute Gasteiger partial charge is 0.226 e. The molecule has 0 saturated carbocycles. The molecule has 0 aliphatic heterocycles. The van der Waals surface area contributed by atoms with Gasteiger partial charge in [0.2, 0.25) is 16.8 Å². The summed E-state index contributed by atoms with van der Waals surface area (Å²) in [7, 11) is 0. The number of rotatable bonds is 8. The molecule has 0 amide bonds. The Morgan fingerprint density at radius 2 is 1.33 bits per heavy atom. The molecule has 4 aromatic rings. The van der Waals surface area contributed by atoms with Crippen LogP contribution in [0.3, 0.4) is 0 Å². The van der Waals surface area contributed by atoms with Crippen LogP contribution in [0.1, 0.15) is 59.8 Å². The number of pyridine rings is 2. The Kier molecular flexibility index (Phi) is 9.98. The summed E-state index contributed by atoms with van der Waals surface area (Å²) in [5.74, 6) is 0.757. The minimum Gasteiger partial charge on any atom is -1.00 e. The maximum absolute atomic E-state index is 12.3. The van der Waals surface area contributed by atoms with Crippen LogP contribution >= 0.6 is 0 Å². The third-order valence-corrected chi connectivity index (χ3v) is 8.21. The highest BCUT2D eigenvalue weighted by Gasteiger charge is 2.58. The molecule has 1 aliphatic carbocycles. The van der Waals surface area contributed by atoms with Crippen molar-refractivity contribution in [3.63, 3.8) is 0 Å². The second-order valence-corrected chi connectivity index (χ2v) is 11.4. The number of hydrogen-bond acceptors (Lipinski definition) is 1. The minimum absolute atomic E-state index is 0. The Hall–Kier alpha value is -2.72. The normalized spacial score (nSPS) is 20.8. The van der Waals surface area contributed by atoms with Crippen LogP contribution in [-0.4, -0.2) is 10.7 Å². The van der Waals surface area contributed by atoms with E-state index in [0.29, 0.717) is 0 Å². The number of hydrogen-bond donors (Lipinski definition) is 1. The fourth-order valence-electron chi connectivity index (χ4n) is 5.68. The molecule has 206 valence electrons. The number of nitrogens with zero attached hydrogens (tertiary/aromatic N) is 2. The Bertz CT molecular complexity index is 1490. The van der Waals surface area contributed by atoms with Crippen molar-refractivity contribution in [1.82, 2.24) is 0 Å². The fourth-order valence-corrected chi connectivity index (χ4v) is 5.68. The van der Waals surface area contributed by atoms with Crippen molar-refractivity contribution in [1.29, 1.82) is 0 Å². The molecule has 0 saturated heterocycles. The number of halogens is 2. The number of aliphatic hydroxyl groups is 1. The van der Waals surface area contributed by atoms with Crippen LogP contribution < -0.4 is 33.9 Å². The first kappa shape index (κ1) is 30.8. The van der Waals surface area contributed by atoms with Crippen molar-refractivity contribution in [2.24, 2.45) is 5.92 Å². The van der Waals surface area contributed by atoms with E-state index in [4.69, 9.17) is 0 Å². The van der Waals surface area contributed by atoms with Gasteiger partial charge < -0.3 is 29.9 Å². The van der Waals surface area contributed by atoms with Crippen LogP contribution in [0.2, 0.25) is 0 Å². The van der Waals surface area contributed by atoms with E-state index in [9.17, 15) is 5.11 Å². The standard InChI is InChI=1S/C34H40N2O.2ClH/c1-26(2)12-6-5-7-13-27-22-32(35-20-18-28-14-8-10-16-30(28)24-35)34(4,37)33(3,23-27)36-21-19-29-15-9-11-17-31(29)25-36;;/h8-11,14-26,37H,5-7,12-13H2,1-4H3;2*1H/q+2;;/p-2. The summed E-state index contributed by atoms with van der Waals surface area (Å²) in [5.41, 5.74) is 0.387. The van der Waals surface area contributed by atoms with E-state index in [2.05, 4.69) is 128 Å². The van der Waals surface area contributed by atoms with Gasteiger partial charge in [-0.15, -0.1) is 0 Å². The quantitative estimate of drug-likeness (QED) is 0.253. The summed E-state index contributed by atoms with van der Waals surface area (Å²) in [5, 5.41) is 17.1. The van der Waals surface area contributed by atoms with Crippen LogP contribution in [0, 0.1) is 5.92 Å². The van der Waals surface area contributed by atoms with E-state index in [1.54, 1.807) is 0 Å². The number of allylic oxidation sites excluding steroid dienone is 2. The van der Waals surface area contributed by atoms with Crippen LogP contribution in [0.15, 0.2) is 103 Å². The van der Waals surface area contributed by atoms with Crippen molar-refractivity contribution in [3.8, 4) is 0 Å². The Labute approximate surface area is 245 Å². The van der Waals surface area contributed by atoms with E-state index in [1.165, 1.54) is 41.0 Å². The second kappa shape index (κ2) is 12.6. The Morgan fingerprint density at radius 3 is 1.97 bits per heavy atom. The zero-order valence-electron chi connectivity index (χ0n) is 23.4. The van der Waals surface area contributed by atoms with Crippen LogP contribution in [-0.2, 0) is 5.54 Å². The highest BCUT2D eigenvalue weighted by molar-refractivity contribution is 5.81. The van der Waals surface area contributed by atoms with Crippen LogP contribution in [0.4, 0.5) is 0 Å². The van der Waals surface area contributed by atoms with Gasteiger partial charge in [-0.1, -0.05) is 69.5 Å². The molecular formula is C34H40Cl2N2O. The fraction of sp³-hybridized carbons (Fsp3) is 0.353. The summed E-state index contributed by atoms with van der Waals surface area (Å²) in [6.45, 7) is 8.72. The molecule has 3 nitrogen and oxygen atoms in total. The average molecular weight is 564 g/mol. The third-order valence-electron chi connectivity index (χ3n) is 8.21. The largest absolute Gasteiger partial charge is 1.00 e.